The van der Waals surface area contributed by atoms with Crippen LogP contribution in [-0.4, -0.2) is 29.3 Å². The number of primary amides is 1. The highest BCUT2D eigenvalue weighted by atomic mass is 32.1. The first-order valence-electron chi connectivity index (χ1n) is 7.14. The molecule has 1 aromatic carbocycles. The van der Waals surface area contributed by atoms with Crippen LogP contribution in [0.2, 0.25) is 0 Å². The van der Waals surface area contributed by atoms with Crippen molar-refractivity contribution in [2.24, 2.45) is 5.73 Å². The van der Waals surface area contributed by atoms with E-state index in [-0.39, 0.29) is 16.8 Å². The molecule has 1 amide bonds. The van der Waals surface area contributed by atoms with E-state index in [4.69, 9.17) is 5.73 Å². The Morgan fingerprint density at radius 1 is 1.32 bits per heavy atom. The van der Waals surface area contributed by atoms with Gasteiger partial charge in [0, 0.05) is 6.04 Å². The van der Waals surface area contributed by atoms with Gasteiger partial charge in [-0.3, -0.25) is 9.59 Å². The number of carbonyl (C=O) groups excluding carboxylic acids is 2. The lowest BCUT2D eigenvalue weighted by Crippen LogP contribution is -2.25. The van der Waals surface area contributed by atoms with E-state index in [1.807, 2.05) is 30.3 Å². The molecule has 0 bridgehead atoms. The standard InChI is InChI=1S/C16H16N3O2S/c17-15(21)16-19-13(12(20)9-11-7-4-8-18-11)14(22-16)10-5-2-1-3-6-10/h1-3,5-6,9,11,18H,4,7-8H2,(H2,17,21)/t11-/m1/s1. The fraction of sp³-hybridized carbons (Fsp3) is 0.250. The summed E-state index contributed by atoms with van der Waals surface area (Å²) < 4.78 is 0. The van der Waals surface area contributed by atoms with E-state index in [2.05, 4.69) is 10.3 Å². The number of hydrogen-bond donors (Lipinski definition) is 2. The monoisotopic (exact) mass is 314 g/mol. The van der Waals surface area contributed by atoms with Gasteiger partial charge in [-0.05, 0) is 24.9 Å². The van der Waals surface area contributed by atoms with Crippen molar-refractivity contribution in [3.63, 3.8) is 0 Å². The molecule has 1 radical (unpaired) electrons. The molecule has 0 unspecified atom stereocenters. The van der Waals surface area contributed by atoms with Crippen molar-refractivity contribution < 1.29 is 9.59 Å². The van der Waals surface area contributed by atoms with E-state index in [1.54, 1.807) is 6.42 Å². The molecule has 0 aliphatic carbocycles. The van der Waals surface area contributed by atoms with Crippen LogP contribution in [0.1, 0.15) is 33.1 Å². The van der Waals surface area contributed by atoms with Gasteiger partial charge in [-0.1, -0.05) is 30.3 Å². The summed E-state index contributed by atoms with van der Waals surface area (Å²) in [5, 5.41) is 3.42. The van der Waals surface area contributed by atoms with Crippen molar-refractivity contribution in [3.8, 4) is 10.4 Å². The highest BCUT2D eigenvalue weighted by molar-refractivity contribution is 7.17. The molecule has 0 saturated carbocycles. The lowest BCUT2D eigenvalue weighted by Gasteiger charge is -2.08. The molecule has 1 atom stereocenters. The van der Waals surface area contributed by atoms with E-state index < -0.39 is 5.91 Å². The van der Waals surface area contributed by atoms with E-state index in [0.717, 1.165) is 36.3 Å². The van der Waals surface area contributed by atoms with Crippen LogP contribution in [0.5, 0.6) is 0 Å². The summed E-state index contributed by atoms with van der Waals surface area (Å²) in [4.78, 5) is 28.8. The molecule has 1 fully saturated rings. The maximum atomic E-state index is 12.5. The lowest BCUT2D eigenvalue weighted by atomic mass is 10.0. The van der Waals surface area contributed by atoms with Crippen molar-refractivity contribution in [3.05, 3.63) is 47.5 Å². The summed E-state index contributed by atoms with van der Waals surface area (Å²) >= 11 is 1.16. The van der Waals surface area contributed by atoms with Crippen LogP contribution in [0.3, 0.4) is 0 Å². The summed E-state index contributed by atoms with van der Waals surface area (Å²) in [6, 6.07) is 9.53. The van der Waals surface area contributed by atoms with Crippen LogP contribution in [0, 0.1) is 6.42 Å². The second-order valence-corrected chi connectivity index (χ2v) is 6.16. The Labute approximate surface area is 132 Å². The Morgan fingerprint density at radius 2 is 2.09 bits per heavy atom. The number of amides is 1. The molecular weight excluding hydrogens is 298 g/mol. The number of ketones is 1. The number of nitrogens with zero attached hydrogens (tertiary/aromatic N) is 1. The van der Waals surface area contributed by atoms with E-state index in [1.165, 1.54) is 0 Å². The predicted octanol–water partition coefficient (Wildman–Crippen LogP) is 2.05. The zero-order chi connectivity index (χ0) is 15.5. The van der Waals surface area contributed by atoms with Gasteiger partial charge in [-0.2, -0.15) is 0 Å². The van der Waals surface area contributed by atoms with Gasteiger partial charge >= 0.3 is 0 Å². The second kappa shape index (κ2) is 6.37. The van der Waals surface area contributed by atoms with Gasteiger partial charge in [-0.25, -0.2) is 4.98 Å². The minimum absolute atomic E-state index is 0.0786. The molecule has 1 saturated heterocycles. The van der Waals surface area contributed by atoms with Crippen LogP contribution in [0.15, 0.2) is 30.3 Å². The average molecular weight is 314 g/mol. The summed E-state index contributed by atoms with van der Waals surface area (Å²) in [6.07, 6.45) is 3.65. The van der Waals surface area contributed by atoms with Gasteiger partial charge in [0.05, 0.1) is 11.3 Å². The third kappa shape index (κ3) is 3.08. The molecule has 3 rings (SSSR count). The van der Waals surface area contributed by atoms with Crippen molar-refractivity contribution in [1.29, 1.82) is 0 Å². The highest BCUT2D eigenvalue weighted by Gasteiger charge is 2.25. The third-order valence-corrected chi connectivity index (χ3v) is 4.68. The molecular formula is C16H16N3O2S. The highest BCUT2D eigenvalue weighted by Crippen LogP contribution is 2.31. The lowest BCUT2D eigenvalue weighted by molar-refractivity contribution is 0.1000. The number of nitrogens with one attached hydrogen (secondary N) is 1. The van der Waals surface area contributed by atoms with Gasteiger partial charge in [0.25, 0.3) is 5.91 Å². The van der Waals surface area contributed by atoms with Gasteiger partial charge in [-0.15, -0.1) is 11.3 Å². The minimum atomic E-state index is -0.611. The molecule has 2 heterocycles. The number of nitrogens with two attached hydrogens (primary N) is 1. The van der Waals surface area contributed by atoms with Crippen LogP contribution in [0.25, 0.3) is 10.4 Å². The minimum Gasteiger partial charge on any atom is -0.364 e. The number of hydrogen-bond acceptors (Lipinski definition) is 5. The summed E-state index contributed by atoms with van der Waals surface area (Å²) in [5.41, 5.74) is 6.48. The van der Waals surface area contributed by atoms with E-state index in [9.17, 15) is 9.59 Å². The van der Waals surface area contributed by atoms with Crippen LogP contribution in [0.4, 0.5) is 0 Å². The predicted molar refractivity (Wildman–Crippen MR) is 85.7 cm³/mol. The topological polar surface area (TPSA) is 85.1 Å². The first-order valence-corrected chi connectivity index (χ1v) is 7.95. The number of thiazole rings is 1. The molecule has 1 aromatic heterocycles. The zero-order valence-corrected chi connectivity index (χ0v) is 12.7. The molecule has 113 valence electrons. The summed E-state index contributed by atoms with van der Waals surface area (Å²) in [5.74, 6) is -0.776. The molecule has 0 spiro atoms. The SMILES string of the molecule is NC(=O)c1nc(C(=O)[CH][C@H]2CCCN2)c(-c2ccccc2)s1. The Hall–Kier alpha value is -2.05. The second-order valence-electron chi connectivity index (χ2n) is 5.16. The van der Waals surface area contributed by atoms with Crippen molar-refractivity contribution in [2.45, 2.75) is 18.9 Å². The van der Waals surface area contributed by atoms with Gasteiger partial charge in [0.1, 0.15) is 5.69 Å². The summed E-state index contributed by atoms with van der Waals surface area (Å²) in [7, 11) is 0. The quantitative estimate of drug-likeness (QED) is 0.827. The molecule has 3 N–H and O–H groups in total. The molecule has 5 nitrogen and oxygen atoms in total. The van der Waals surface area contributed by atoms with Crippen molar-refractivity contribution in [2.75, 3.05) is 6.54 Å². The van der Waals surface area contributed by atoms with Gasteiger partial charge in [0.2, 0.25) is 0 Å². The maximum absolute atomic E-state index is 12.5. The zero-order valence-electron chi connectivity index (χ0n) is 11.9. The molecule has 22 heavy (non-hydrogen) atoms. The van der Waals surface area contributed by atoms with Crippen LogP contribution in [-0.2, 0) is 0 Å². The first kappa shape index (κ1) is 14.9. The van der Waals surface area contributed by atoms with Crippen molar-refractivity contribution >= 4 is 23.0 Å². The fourth-order valence-electron chi connectivity index (χ4n) is 2.49. The Kier molecular flexibility index (Phi) is 4.31. The smallest absolute Gasteiger partial charge is 0.277 e. The number of Topliss-reactive ketones (excluding diaryl/α,β-unsaturated/α-hetero) is 1. The largest absolute Gasteiger partial charge is 0.364 e. The van der Waals surface area contributed by atoms with E-state index in [0.29, 0.717) is 10.6 Å². The number of rotatable bonds is 5. The Morgan fingerprint density at radius 3 is 2.73 bits per heavy atom. The third-order valence-electron chi connectivity index (χ3n) is 3.56. The number of carbonyl (C=O) groups is 2. The Balaban J connectivity index is 1.94. The van der Waals surface area contributed by atoms with E-state index >= 15 is 0 Å². The molecule has 2 aromatic rings. The van der Waals surface area contributed by atoms with Crippen LogP contribution >= 0.6 is 11.3 Å². The van der Waals surface area contributed by atoms with Crippen molar-refractivity contribution in [1.82, 2.24) is 10.3 Å². The number of benzene rings is 1. The maximum Gasteiger partial charge on any atom is 0.277 e. The number of aromatic nitrogens is 1. The fourth-order valence-corrected chi connectivity index (χ4v) is 3.42. The Bertz CT molecular complexity index is 691. The van der Waals surface area contributed by atoms with Crippen LogP contribution < -0.4 is 11.1 Å². The molecule has 6 heteroatoms. The molecule has 1 aliphatic rings. The normalized spacial score (nSPS) is 17.5. The first-order chi connectivity index (χ1) is 10.6. The van der Waals surface area contributed by atoms with Gasteiger partial charge in [0.15, 0.2) is 10.8 Å². The molecule has 1 aliphatic heterocycles. The summed E-state index contributed by atoms with van der Waals surface area (Å²) in [6.45, 7) is 0.920. The van der Waals surface area contributed by atoms with Gasteiger partial charge < -0.3 is 11.1 Å². The average Bonchev–Trinajstić information content (AvgIpc) is 3.17.